The van der Waals surface area contributed by atoms with Crippen molar-refractivity contribution >= 4 is 11.8 Å². The summed E-state index contributed by atoms with van der Waals surface area (Å²) in [6.07, 6.45) is 0. The van der Waals surface area contributed by atoms with Crippen molar-refractivity contribution in [1.29, 1.82) is 0 Å². The second kappa shape index (κ2) is 6.68. The maximum absolute atomic E-state index is 13.5. The number of rotatable bonds is 6. The van der Waals surface area contributed by atoms with Gasteiger partial charge >= 0.3 is 0 Å². The summed E-state index contributed by atoms with van der Waals surface area (Å²) in [5.41, 5.74) is 0.315. The second-order valence-corrected chi connectivity index (χ2v) is 5.31. The molecule has 102 valence electrons. The predicted octanol–water partition coefficient (Wildman–Crippen LogP) is 2.74. The Labute approximate surface area is 115 Å². The maximum Gasteiger partial charge on any atom is 0.250 e. The highest BCUT2D eigenvalue weighted by Gasteiger charge is 2.12. The normalized spacial score (nSPS) is 12.6. The number of benzene rings is 1. The number of aliphatic hydroxyl groups excluding tert-OH is 1. The van der Waals surface area contributed by atoms with Crippen LogP contribution in [-0.4, -0.2) is 27.7 Å². The third kappa shape index (κ3) is 3.78. The van der Waals surface area contributed by atoms with Gasteiger partial charge in [-0.2, -0.15) is 11.8 Å². The highest BCUT2D eigenvalue weighted by molar-refractivity contribution is 7.98. The topological polar surface area (TPSA) is 59.2 Å². The molecule has 0 radical (unpaired) electrons. The molecule has 1 aromatic heterocycles. The van der Waals surface area contributed by atoms with E-state index in [0.29, 0.717) is 17.2 Å². The molecule has 0 bridgehead atoms. The van der Waals surface area contributed by atoms with Crippen LogP contribution in [0.4, 0.5) is 4.39 Å². The highest BCUT2D eigenvalue weighted by Crippen LogP contribution is 2.22. The van der Waals surface area contributed by atoms with Crippen molar-refractivity contribution < 1.29 is 13.9 Å². The van der Waals surface area contributed by atoms with Crippen LogP contribution in [0.5, 0.6) is 0 Å². The van der Waals surface area contributed by atoms with Gasteiger partial charge in [-0.25, -0.2) is 4.39 Å². The average molecular weight is 282 g/mol. The van der Waals surface area contributed by atoms with Crippen LogP contribution < -0.4 is 0 Å². The molecule has 1 unspecified atom stereocenters. The zero-order valence-electron chi connectivity index (χ0n) is 10.5. The van der Waals surface area contributed by atoms with E-state index in [1.165, 1.54) is 6.07 Å². The van der Waals surface area contributed by atoms with Gasteiger partial charge in [-0.15, -0.1) is 10.2 Å². The minimum atomic E-state index is -0.376. The van der Waals surface area contributed by atoms with Crippen LogP contribution in [-0.2, 0) is 5.75 Å². The summed E-state index contributed by atoms with van der Waals surface area (Å²) in [7, 11) is 0. The van der Waals surface area contributed by atoms with Crippen LogP contribution in [0.25, 0.3) is 11.5 Å². The lowest BCUT2D eigenvalue weighted by Crippen LogP contribution is -2.03. The molecule has 0 fully saturated rings. The van der Waals surface area contributed by atoms with E-state index >= 15 is 0 Å². The van der Waals surface area contributed by atoms with Gasteiger partial charge in [0.15, 0.2) is 0 Å². The molecule has 0 aliphatic rings. The largest absolute Gasteiger partial charge is 0.420 e. The van der Waals surface area contributed by atoms with Crippen molar-refractivity contribution in [2.24, 2.45) is 5.92 Å². The maximum atomic E-state index is 13.5. The zero-order valence-corrected chi connectivity index (χ0v) is 11.4. The summed E-state index contributed by atoms with van der Waals surface area (Å²) in [4.78, 5) is 0. The van der Waals surface area contributed by atoms with Gasteiger partial charge in [0.2, 0.25) is 5.89 Å². The monoisotopic (exact) mass is 282 g/mol. The van der Waals surface area contributed by atoms with Crippen LogP contribution >= 0.6 is 11.8 Å². The van der Waals surface area contributed by atoms with Gasteiger partial charge in [0.1, 0.15) is 5.82 Å². The van der Waals surface area contributed by atoms with Gasteiger partial charge in [0.05, 0.1) is 11.3 Å². The number of halogens is 1. The summed E-state index contributed by atoms with van der Waals surface area (Å²) >= 11 is 1.60. The standard InChI is InChI=1S/C13H15FN2O2S/c1-9(6-17)7-19-8-12-15-16-13(18-12)10-4-2-3-5-11(10)14/h2-5,9,17H,6-8H2,1H3. The van der Waals surface area contributed by atoms with E-state index < -0.39 is 0 Å². The molecule has 0 spiro atoms. The van der Waals surface area contributed by atoms with Crippen molar-refractivity contribution in [1.82, 2.24) is 10.2 Å². The third-order valence-corrected chi connectivity index (χ3v) is 3.77. The van der Waals surface area contributed by atoms with E-state index in [0.717, 1.165) is 5.75 Å². The van der Waals surface area contributed by atoms with Crippen molar-refractivity contribution in [2.75, 3.05) is 12.4 Å². The average Bonchev–Trinajstić information content (AvgIpc) is 2.87. The molecule has 19 heavy (non-hydrogen) atoms. The first-order valence-electron chi connectivity index (χ1n) is 5.96. The summed E-state index contributed by atoms with van der Waals surface area (Å²) in [6.45, 7) is 2.13. The fourth-order valence-electron chi connectivity index (χ4n) is 1.46. The number of hydrogen-bond donors (Lipinski definition) is 1. The van der Waals surface area contributed by atoms with Crippen LogP contribution in [0.1, 0.15) is 12.8 Å². The van der Waals surface area contributed by atoms with Crippen molar-refractivity contribution in [2.45, 2.75) is 12.7 Å². The number of aromatic nitrogens is 2. The minimum absolute atomic E-state index is 0.164. The van der Waals surface area contributed by atoms with E-state index in [-0.39, 0.29) is 24.2 Å². The number of hydrogen-bond acceptors (Lipinski definition) is 5. The number of aliphatic hydroxyl groups is 1. The molecular weight excluding hydrogens is 267 g/mol. The lowest BCUT2D eigenvalue weighted by atomic mass is 10.2. The Balaban J connectivity index is 1.98. The Morgan fingerprint density at radius 3 is 2.89 bits per heavy atom. The molecule has 2 aromatic rings. The molecule has 0 aliphatic heterocycles. The highest BCUT2D eigenvalue weighted by atomic mass is 32.2. The second-order valence-electron chi connectivity index (χ2n) is 4.28. The van der Waals surface area contributed by atoms with Gasteiger partial charge in [-0.3, -0.25) is 0 Å². The van der Waals surface area contributed by atoms with Crippen molar-refractivity contribution in [3.63, 3.8) is 0 Å². The summed E-state index contributed by atoms with van der Waals surface area (Å²) < 4.78 is 18.9. The van der Waals surface area contributed by atoms with Gasteiger partial charge < -0.3 is 9.52 Å². The lowest BCUT2D eigenvalue weighted by Gasteiger charge is -2.04. The molecule has 1 heterocycles. The Kier molecular flexibility index (Phi) is 4.93. The van der Waals surface area contributed by atoms with Crippen LogP contribution in [0.2, 0.25) is 0 Å². The predicted molar refractivity (Wildman–Crippen MR) is 72.1 cm³/mol. The molecule has 0 amide bonds. The first kappa shape index (κ1) is 14.0. The van der Waals surface area contributed by atoms with E-state index in [1.54, 1.807) is 30.0 Å². The van der Waals surface area contributed by atoms with Crippen LogP contribution in [0, 0.1) is 11.7 Å². The fourth-order valence-corrected chi connectivity index (χ4v) is 2.37. The molecule has 4 nitrogen and oxygen atoms in total. The molecule has 1 N–H and O–H groups in total. The molecule has 6 heteroatoms. The van der Waals surface area contributed by atoms with Crippen LogP contribution in [0.3, 0.4) is 0 Å². The third-order valence-electron chi connectivity index (χ3n) is 2.51. The van der Waals surface area contributed by atoms with E-state index in [1.807, 2.05) is 6.92 Å². The Morgan fingerprint density at radius 1 is 1.37 bits per heavy atom. The molecule has 1 atom stereocenters. The molecule has 0 aliphatic carbocycles. The number of nitrogens with zero attached hydrogens (tertiary/aromatic N) is 2. The lowest BCUT2D eigenvalue weighted by molar-refractivity contribution is 0.250. The van der Waals surface area contributed by atoms with E-state index in [4.69, 9.17) is 9.52 Å². The molecule has 1 aromatic carbocycles. The smallest absolute Gasteiger partial charge is 0.250 e. The van der Waals surface area contributed by atoms with E-state index in [9.17, 15) is 4.39 Å². The van der Waals surface area contributed by atoms with E-state index in [2.05, 4.69) is 10.2 Å². The van der Waals surface area contributed by atoms with Gasteiger partial charge in [0.25, 0.3) is 5.89 Å². The first-order chi connectivity index (χ1) is 9.20. The summed E-state index contributed by atoms with van der Waals surface area (Å²) in [5.74, 6) is 1.90. The Bertz CT molecular complexity index is 533. The van der Waals surface area contributed by atoms with Crippen molar-refractivity contribution in [3.8, 4) is 11.5 Å². The molecule has 2 rings (SSSR count). The summed E-state index contributed by atoms with van der Waals surface area (Å²) in [6, 6.07) is 6.30. The van der Waals surface area contributed by atoms with Crippen LogP contribution in [0.15, 0.2) is 28.7 Å². The minimum Gasteiger partial charge on any atom is -0.420 e. The molecule has 0 saturated carbocycles. The summed E-state index contributed by atoms with van der Waals surface area (Å²) in [5, 5.41) is 16.6. The van der Waals surface area contributed by atoms with Crippen molar-refractivity contribution in [3.05, 3.63) is 36.0 Å². The van der Waals surface area contributed by atoms with Gasteiger partial charge in [-0.1, -0.05) is 19.1 Å². The SMILES string of the molecule is CC(CO)CSCc1nnc(-c2ccccc2F)o1. The fraction of sp³-hybridized carbons (Fsp3) is 0.385. The number of thioether (sulfide) groups is 1. The molecule has 0 saturated heterocycles. The Hall–Kier alpha value is -1.40. The van der Waals surface area contributed by atoms with Gasteiger partial charge in [0, 0.05) is 6.61 Å². The zero-order chi connectivity index (χ0) is 13.7. The first-order valence-corrected chi connectivity index (χ1v) is 7.12. The quantitative estimate of drug-likeness (QED) is 0.882. The molecular formula is C13H15FN2O2S. The Morgan fingerprint density at radius 2 is 2.16 bits per heavy atom. The van der Waals surface area contributed by atoms with Gasteiger partial charge in [-0.05, 0) is 23.8 Å².